The van der Waals surface area contributed by atoms with Gasteiger partial charge in [-0.3, -0.25) is 4.79 Å². The number of amides is 1. The average molecular weight is 313 g/mol. The molecular weight excluding hydrogens is 294 g/mol. The lowest BCUT2D eigenvalue weighted by Gasteiger charge is -2.25. The van der Waals surface area contributed by atoms with E-state index in [0.717, 1.165) is 24.2 Å². The summed E-state index contributed by atoms with van der Waals surface area (Å²) >= 11 is 0. The number of rotatable bonds is 5. The van der Waals surface area contributed by atoms with Gasteiger partial charge in [0.05, 0.1) is 11.8 Å². The van der Waals surface area contributed by atoms with Gasteiger partial charge in [-0.25, -0.2) is 4.79 Å². The molecule has 0 fully saturated rings. The predicted octanol–water partition coefficient (Wildman–Crippen LogP) is 2.50. The monoisotopic (exact) mass is 313 g/mol. The summed E-state index contributed by atoms with van der Waals surface area (Å²) < 4.78 is 10.5. The first-order chi connectivity index (χ1) is 11.1. The van der Waals surface area contributed by atoms with Crippen LogP contribution in [-0.4, -0.2) is 24.0 Å². The number of ether oxygens (including phenoxy) is 1. The van der Waals surface area contributed by atoms with Crippen molar-refractivity contribution >= 4 is 11.9 Å². The number of furan rings is 1. The number of fused-ring (bicyclic) bond motifs is 1. The van der Waals surface area contributed by atoms with E-state index in [9.17, 15) is 9.59 Å². The maximum absolute atomic E-state index is 12.3. The molecular formula is C18H19NO4. The van der Waals surface area contributed by atoms with Crippen LogP contribution >= 0.6 is 0 Å². The number of hydrogen-bond acceptors (Lipinski definition) is 4. The summed E-state index contributed by atoms with van der Waals surface area (Å²) in [4.78, 5) is 24.3. The van der Waals surface area contributed by atoms with Crippen molar-refractivity contribution in [3.05, 3.63) is 59.5 Å². The Labute approximate surface area is 134 Å². The molecule has 1 aromatic heterocycles. The highest BCUT2D eigenvalue weighted by Gasteiger charge is 2.31. The van der Waals surface area contributed by atoms with Gasteiger partial charge in [0.25, 0.3) is 5.91 Å². The van der Waals surface area contributed by atoms with E-state index in [1.807, 2.05) is 31.2 Å². The van der Waals surface area contributed by atoms with E-state index in [0.29, 0.717) is 12.0 Å². The largest absolute Gasteiger partial charge is 0.469 e. The van der Waals surface area contributed by atoms with Crippen LogP contribution in [0, 0.1) is 0 Å². The standard InChI is InChI=1S/C18H19NO4/c1-12(8-9-14-6-4-10-22-14)19-17(20)16-11-13-5-2-3-7-15(13)18(21)23-16/h2-7,10,12,16H,8-9,11H2,1H3,(H,19,20). The number of aryl methyl sites for hydroxylation is 1. The van der Waals surface area contributed by atoms with Crippen molar-refractivity contribution in [1.82, 2.24) is 5.32 Å². The summed E-state index contributed by atoms with van der Waals surface area (Å²) in [6.07, 6.45) is 2.80. The smallest absolute Gasteiger partial charge is 0.339 e. The topological polar surface area (TPSA) is 68.5 Å². The third kappa shape index (κ3) is 3.62. The van der Waals surface area contributed by atoms with Gasteiger partial charge in [0.1, 0.15) is 5.76 Å². The Morgan fingerprint density at radius 1 is 1.30 bits per heavy atom. The molecule has 1 aliphatic rings. The summed E-state index contributed by atoms with van der Waals surface area (Å²) in [5.74, 6) is 0.208. The van der Waals surface area contributed by atoms with Crippen molar-refractivity contribution in [1.29, 1.82) is 0 Å². The van der Waals surface area contributed by atoms with Crippen LogP contribution in [-0.2, 0) is 22.4 Å². The molecule has 1 aromatic carbocycles. The van der Waals surface area contributed by atoms with Gasteiger partial charge < -0.3 is 14.5 Å². The SMILES string of the molecule is CC(CCc1ccco1)NC(=O)C1Cc2ccccc2C(=O)O1. The lowest BCUT2D eigenvalue weighted by molar-refractivity contribution is -0.131. The molecule has 2 unspecified atom stereocenters. The lowest BCUT2D eigenvalue weighted by Crippen LogP contribution is -2.45. The minimum Gasteiger partial charge on any atom is -0.469 e. The van der Waals surface area contributed by atoms with Gasteiger partial charge in [0, 0.05) is 18.9 Å². The summed E-state index contributed by atoms with van der Waals surface area (Å²) in [5, 5.41) is 2.91. The van der Waals surface area contributed by atoms with Crippen molar-refractivity contribution in [3.63, 3.8) is 0 Å². The van der Waals surface area contributed by atoms with Gasteiger partial charge >= 0.3 is 5.97 Å². The van der Waals surface area contributed by atoms with E-state index in [1.54, 1.807) is 18.4 Å². The first-order valence-electron chi connectivity index (χ1n) is 7.75. The fourth-order valence-electron chi connectivity index (χ4n) is 2.70. The maximum Gasteiger partial charge on any atom is 0.339 e. The highest BCUT2D eigenvalue weighted by molar-refractivity contribution is 5.95. The van der Waals surface area contributed by atoms with Crippen molar-refractivity contribution < 1.29 is 18.7 Å². The molecule has 120 valence electrons. The first-order valence-corrected chi connectivity index (χ1v) is 7.75. The van der Waals surface area contributed by atoms with E-state index in [4.69, 9.17) is 9.15 Å². The third-order valence-electron chi connectivity index (χ3n) is 3.98. The highest BCUT2D eigenvalue weighted by Crippen LogP contribution is 2.20. The molecule has 1 amide bonds. The molecule has 5 heteroatoms. The quantitative estimate of drug-likeness (QED) is 0.861. The number of benzene rings is 1. The molecule has 0 spiro atoms. The number of carbonyl (C=O) groups excluding carboxylic acids is 2. The van der Waals surface area contributed by atoms with Crippen molar-refractivity contribution in [2.45, 2.75) is 38.3 Å². The zero-order valence-electron chi connectivity index (χ0n) is 13.0. The predicted molar refractivity (Wildman–Crippen MR) is 84.0 cm³/mol. The molecule has 0 bridgehead atoms. The fourth-order valence-corrected chi connectivity index (χ4v) is 2.70. The Morgan fingerprint density at radius 2 is 2.13 bits per heavy atom. The van der Waals surface area contributed by atoms with E-state index in [1.165, 1.54) is 0 Å². The van der Waals surface area contributed by atoms with Crippen LogP contribution in [0.4, 0.5) is 0 Å². The van der Waals surface area contributed by atoms with Crippen LogP contribution < -0.4 is 5.32 Å². The second kappa shape index (κ2) is 6.69. The molecule has 23 heavy (non-hydrogen) atoms. The Kier molecular flexibility index (Phi) is 4.46. The van der Waals surface area contributed by atoms with E-state index < -0.39 is 12.1 Å². The molecule has 2 aromatic rings. The van der Waals surface area contributed by atoms with Gasteiger partial charge in [-0.15, -0.1) is 0 Å². The molecule has 2 heterocycles. The number of nitrogens with one attached hydrogen (secondary N) is 1. The van der Waals surface area contributed by atoms with Crippen molar-refractivity contribution in [2.24, 2.45) is 0 Å². The van der Waals surface area contributed by atoms with Gasteiger partial charge in [0.2, 0.25) is 0 Å². The summed E-state index contributed by atoms with van der Waals surface area (Å²) in [7, 11) is 0. The summed E-state index contributed by atoms with van der Waals surface area (Å²) in [6, 6.07) is 11.0. The zero-order chi connectivity index (χ0) is 16.2. The second-order valence-electron chi connectivity index (χ2n) is 5.78. The van der Waals surface area contributed by atoms with Gasteiger partial charge in [-0.2, -0.15) is 0 Å². The van der Waals surface area contributed by atoms with Gasteiger partial charge in [-0.05, 0) is 37.1 Å². The zero-order valence-corrected chi connectivity index (χ0v) is 13.0. The van der Waals surface area contributed by atoms with Crippen LogP contribution in [0.3, 0.4) is 0 Å². The third-order valence-corrected chi connectivity index (χ3v) is 3.98. The normalized spacial score (nSPS) is 18.0. The van der Waals surface area contributed by atoms with Crippen LogP contribution in [0.5, 0.6) is 0 Å². The Morgan fingerprint density at radius 3 is 2.91 bits per heavy atom. The van der Waals surface area contributed by atoms with Crippen LogP contribution in [0.2, 0.25) is 0 Å². The Hall–Kier alpha value is -2.56. The van der Waals surface area contributed by atoms with Crippen molar-refractivity contribution in [2.75, 3.05) is 0 Å². The minimum absolute atomic E-state index is 0.0246. The van der Waals surface area contributed by atoms with Crippen LogP contribution in [0.25, 0.3) is 0 Å². The average Bonchev–Trinajstić information content (AvgIpc) is 3.06. The number of carbonyl (C=O) groups is 2. The number of hydrogen-bond donors (Lipinski definition) is 1. The molecule has 1 N–H and O–H groups in total. The molecule has 5 nitrogen and oxygen atoms in total. The maximum atomic E-state index is 12.3. The van der Waals surface area contributed by atoms with E-state index in [2.05, 4.69) is 5.32 Å². The molecule has 0 aliphatic carbocycles. The van der Waals surface area contributed by atoms with Gasteiger partial charge in [-0.1, -0.05) is 18.2 Å². The summed E-state index contributed by atoms with van der Waals surface area (Å²) in [6.45, 7) is 1.93. The highest BCUT2D eigenvalue weighted by atomic mass is 16.5. The minimum atomic E-state index is -0.761. The van der Waals surface area contributed by atoms with E-state index >= 15 is 0 Å². The first kappa shape index (κ1) is 15.3. The molecule has 0 saturated heterocycles. The number of esters is 1. The second-order valence-corrected chi connectivity index (χ2v) is 5.78. The molecule has 0 radical (unpaired) electrons. The summed E-state index contributed by atoms with van der Waals surface area (Å²) in [5.41, 5.74) is 1.40. The number of cyclic esters (lactones) is 1. The van der Waals surface area contributed by atoms with Crippen molar-refractivity contribution in [3.8, 4) is 0 Å². The Balaban J connectivity index is 1.55. The van der Waals surface area contributed by atoms with Crippen LogP contribution in [0.15, 0.2) is 47.1 Å². The molecule has 3 rings (SSSR count). The molecule has 1 aliphatic heterocycles. The van der Waals surface area contributed by atoms with Crippen LogP contribution in [0.1, 0.15) is 35.0 Å². The lowest BCUT2D eigenvalue weighted by atomic mass is 9.98. The Bertz CT molecular complexity index is 693. The fraction of sp³-hybridized carbons (Fsp3) is 0.333. The molecule has 0 saturated carbocycles. The van der Waals surface area contributed by atoms with Gasteiger partial charge in [0.15, 0.2) is 6.10 Å². The molecule has 2 atom stereocenters. The van der Waals surface area contributed by atoms with E-state index in [-0.39, 0.29) is 11.9 Å².